The molecular weight excluding hydrogens is 440 g/mol. The van der Waals surface area contributed by atoms with Crippen molar-refractivity contribution in [3.05, 3.63) is 0 Å². The number of aliphatic carboxylic acids is 1. The first kappa shape index (κ1) is 33.9. The maximum absolute atomic E-state index is 12.2. The number of carboxylic acid groups (broad SMARTS) is 1. The zero-order valence-corrected chi connectivity index (χ0v) is 23.2. The Morgan fingerprint density at radius 2 is 0.943 bits per heavy atom. The highest BCUT2D eigenvalue weighted by Gasteiger charge is 2.20. The fourth-order valence-electron chi connectivity index (χ4n) is 4.65. The summed E-state index contributed by atoms with van der Waals surface area (Å²) in [5.41, 5.74) is 0. The largest absolute Gasteiger partial charge is 0.481 e. The van der Waals surface area contributed by atoms with Crippen molar-refractivity contribution in [2.75, 3.05) is 0 Å². The average Bonchev–Trinajstić information content (AvgIpc) is 2.81. The molecule has 2 unspecified atom stereocenters. The minimum Gasteiger partial charge on any atom is -0.481 e. The number of ether oxygens (including phenoxy) is 1. The molecule has 0 aliphatic carbocycles. The molecule has 2 N–H and O–H groups in total. The number of rotatable bonds is 27. The minimum atomic E-state index is -0.944. The first-order valence-corrected chi connectivity index (χ1v) is 15.1. The van der Waals surface area contributed by atoms with Crippen LogP contribution >= 0.6 is 0 Å². The third kappa shape index (κ3) is 25.8. The van der Waals surface area contributed by atoms with Crippen LogP contribution in [0.5, 0.6) is 0 Å². The molecule has 0 aromatic rings. The molecule has 0 bridgehead atoms. The Kier molecular flexibility index (Phi) is 25.2. The maximum Gasteiger partial charge on any atom is 0.308 e. The van der Waals surface area contributed by atoms with E-state index >= 15 is 0 Å². The normalized spacial score (nSPS) is 13.0. The van der Waals surface area contributed by atoms with Gasteiger partial charge >= 0.3 is 11.9 Å². The molecule has 0 aliphatic heterocycles. The highest BCUT2D eigenvalue weighted by atomic mass is 16.5. The Balaban J connectivity index is 3.83. The van der Waals surface area contributed by atoms with Crippen molar-refractivity contribution in [2.24, 2.45) is 0 Å². The van der Waals surface area contributed by atoms with Gasteiger partial charge in [0, 0.05) is 0 Å². The van der Waals surface area contributed by atoms with E-state index < -0.39 is 24.1 Å². The number of carbonyl (C=O) groups is 2. The molecule has 0 rings (SSSR count). The van der Waals surface area contributed by atoms with Gasteiger partial charge in [-0.15, -0.1) is 0 Å². The molecule has 0 saturated carbocycles. The summed E-state index contributed by atoms with van der Waals surface area (Å²) in [5.74, 6) is -1.41. The summed E-state index contributed by atoms with van der Waals surface area (Å²) in [6.45, 7) is 4.47. The zero-order chi connectivity index (χ0) is 26.0. The number of aliphatic hydroxyl groups excluding tert-OH is 1. The van der Waals surface area contributed by atoms with Crippen LogP contribution in [0.3, 0.4) is 0 Å². The summed E-state index contributed by atoms with van der Waals surface area (Å²) in [6.07, 6.45) is 24.3. The van der Waals surface area contributed by atoms with Crippen molar-refractivity contribution in [1.82, 2.24) is 0 Å². The molecule has 35 heavy (non-hydrogen) atoms. The number of hydrogen-bond acceptors (Lipinski definition) is 4. The van der Waals surface area contributed by atoms with Crippen molar-refractivity contribution >= 4 is 11.9 Å². The Morgan fingerprint density at radius 3 is 1.34 bits per heavy atom. The number of aliphatic hydroxyl groups is 1. The Morgan fingerprint density at radius 1 is 0.571 bits per heavy atom. The van der Waals surface area contributed by atoms with Crippen molar-refractivity contribution < 1.29 is 24.5 Å². The van der Waals surface area contributed by atoms with Crippen LogP contribution in [-0.2, 0) is 14.3 Å². The van der Waals surface area contributed by atoms with Gasteiger partial charge in [0.25, 0.3) is 0 Å². The van der Waals surface area contributed by atoms with E-state index in [2.05, 4.69) is 13.8 Å². The minimum absolute atomic E-state index is 0.0361. The standard InChI is InChI=1S/C30H58O5/c1-3-5-7-9-11-13-14-16-17-19-21-23-27(31)25-30(34)35-28(26-29(32)33)24-22-20-18-15-12-10-8-6-4-2/h27-28,31H,3-26H2,1-2H3,(H,32,33). The number of carbonyl (C=O) groups excluding carboxylic acids is 1. The molecule has 0 heterocycles. The van der Waals surface area contributed by atoms with Crippen molar-refractivity contribution in [2.45, 2.75) is 180 Å². The molecule has 0 amide bonds. The van der Waals surface area contributed by atoms with Gasteiger partial charge in [-0.3, -0.25) is 9.59 Å². The fraction of sp³-hybridized carbons (Fsp3) is 0.933. The van der Waals surface area contributed by atoms with Crippen LogP contribution in [0.4, 0.5) is 0 Å². The van der Waals surface area contributed by atoms with Gasteiger partial charge in [0.2, 0.25) is 0 Å². The molecule has 0 aliphatic rings. The van der Waals surface area contributed by atoms with Crippen LogP contribution in [0.2, 0.25) is 0 Å². The fourth-order valence-corrected chi connectivity index (χ4v) is 4.65. The SMILES string of the molecule is CCCCCCCCCCCCCC(O)CC(=O)OC(CCCCCCCCCCC)CC(=O)O. The van der Waals surface area contributed by atoms with E-state index in [9.17, 15) is 14.7 Å². The lowest BCUT2D eigenvalue weighted by atomic mass is 10.0. The van der Waals surface area contributed by atoms with Crippen LogP contribution in [0.1, 0.15) is 168 Å². The highest BCUT2D eigenvalue weighted by Crippen LogP contribution is 2.17. The third-order valence-electron chi connectivity index (χ3n) is 6.87. The van der Waals surface area contributed by atoms with Crippen LogP contribution in [0, 0.1) is 0 Å². The van der Waals surface area contributed by atoms with Crippen LogP contribution in [0.25, 0.3) is 0 Å². The Labute approximate surface area is 216 Å². The molecule has 0 radical (unpaired) electrons. The van der Waals surface area contributed by atoms with E-state index in [4.69, 9.17) is 9.84 Å². The summed E-state index contributed by atoms with van der Waals surface area (Å²) in [7, 11) is 0. The van der Waals surface area contributed by atoms with Gasteiger partial charge in [-0.1, -0.05) is 136 Å². The first-order valence-electron chi connectivity index (χ1n) is 15.1. The van der Waals surface area contributed by atoms with E-state index in [1.165, 1.54) is 96.3 Å². The lowest BCUT2D eigenvalue weighted by molar-refractivity contribution is -0.155. The molecule has 5 nitrogen and oxygen atoms in total. The molecule has 2 atom stereocenters. The van der Waals surface area contributed by atoms with E-state index in [0.29, 0.717) is 12.8 Å². The van der Waals surface area contributed by atoms with Crippen molar-refractivity contribution in [1.29, 1.82) is 0 Å². The molecule has 5 heteroatoms. The summed E-state index contributed by atoms with van der Waals surface area (Å²) in [4.78, 5) is 23.4. The van der Waals surface area contributed by atoms with E-state index in [-0.39, 0.29) is 12.8 Å². The topological polar surface area (TPSA) is 83.8 Å². The van der Waals surface area contributed by atoms with E-state index in [0.717, 1.165) is 32.1 Å². The number of unbranched alkanes of at least 4 members (excludes halogenated alkanes) is 18. The number of carboxylic acids is 1. The second-order valence-electron chi connectivity index (χ2n) is 10.5. The molecule has 0 aromatic heterocycles. The molecule has 0 spiro atoms. The first-order chi connectivity index (χ1) is 17.0. The maximum atomic E-state index is 12.2. The lowest BCUT2D eigenvalue weighted by Gasteiger charge is -2.17. The summed E-state index contributed by atoms with van der Waals surface area (Å²) in [6, 6.07) is 0. The van der Waals surface area contributed by atoms with Gasteiger partial charge in [0.1, 0.15) is 6.10 Å². The van der Waals surface area contributed by atoms with Crippen LogP contribution in [0.15, 0.2) is 0 Å². The second-order valence-corrected chi connectivity index (χ2v) is 10.5. The highest BCUT2D eigenvalue weighted by molar-refractivity contribution is 5.71. The molecule has 0 fully saturated rings. The second kappa shape index (κ2) is 26.0. The number of hydrogen-bond donors (Lipinski definition) is 2. The number of esters is 1. The van der Waals surface area contributed by atoms with Gasteiger partial charge < -0.3 is 14.9 Å². The van der Waals surface area contributed by atoms with Gasteiger partial charge in [0.15, 0.2) is 0 Å². The monoisotopic (exact) mass is 498 g/mol. The summed E-state index contributed by atoms with van der Waals surface area (Å²) < 4.78 is 5.43. The van der Waals surface area contributed by atoms with Crippen molar-refractivity contribution in [3.63, 3.8) is 0 Å². The summed E-state index contributed by atoms with van der Waals surface area (Å²) >= 11 is 0. The molecular formula is C30H58O5. The van der Waals surface area contributed by atoms with Gasteiger partial charge in [-0.2, -0.15) is 0 Å². The Hall–Kier alpha value is -1.10. The smallest absolute Gasteiger partial charge is 0.308 e. The predicted molar refractivity (Wildman–Crippen MR) is 146 cm³/mol. The quantitative estimate of drug-likeness (QED) is 0.0873. The lowest BCUT2D eigenvalue weighted by Crippen LogP contribution is -2.24. The van der Waals surface area contributed by atoms with Gasteiger partial charge in [-0.05, 0) is 19.3 Å². The van der Waals surface area contributed by atoms with E-state index in [1.807, 2.05) is 0 Å². The third-order valence-corrected chi connectivity index (χ3v) is 6.87. The zero-order valence-electron chi connectivity index (χ0n) is 23.2. The van der Waals surface area contributed by atoms with Crippen LogP contribution < -0.4 is 0 Å². The molecule has 0 saturated heterocycles. The van der Waals surface area contributed by atoms with Gasteiger partial charge in [0.05, 0.1) is 18.9 Å². The Bertz CT molecular complexity index is 479. The van der Waals surface area contributed by atoms with E-state index in [1.54, 1.807) is 0 Å². The van der Waals surface area contributed by atoms with Crippen LogP contribution in [-0.4, -0.2) is 34.4 Å². The average molecular weight is 499 g/mol. The summed E-state index contributed by atoms with van der Waals surface area (Å²) in [5, 5.41) is 19.3. The molecule has 0 aromatic carbocycles. The van der Waals surface area contributed by atoms with Gasteiger partial charge in [-0.25, -0.2) is 0 Å². The van der Waals surface area contributed by atoms with Crippen molar-refractivity contribution in [3.8, 4) is 0 Å². The predicted octanol–water partition coefficient (Wildman–Crippen LogP) is 8.75. The molecule has 208 valence electrons.